The van der Waals surface area contributed by atoms with Crippen LogP contribution in [-0.4, -0.2) is 63.3 Å². The van der Waals surface area contributed by atoms with Gasteiger partial charge in [0.1, 0.15) is 11.4 Å². The van der Waals surface area contributed by atoms with Gasteiger partial charge in [0.25, 0.3) is 5.91 Å². The van der Waals surface area contributed by atoms with Crippen LogP contribution in [0.15, 0.2) is 66.9 Å². The van der Waals surface area contributed by atoms with Crippen LogP contribution in [-0.2, 0) is 20.7 Å². The number of anilines is 1. The van der Waals surface area contributed by atoms with Gasteiger partial charge in [-0.15, -0.1) is 0 Å². The van der Waals surface area contributed by atoms with E-state index in [4.69, 9.17) is 4.74 Å². The lowest BCUT2D eigenvalue weighted by Crippen LogP contribution is -2.46. The average molecular weight is 722 g/mol. The molecule has 1 atom stereocenters. The number of carbonyl (C=O) groups excluding carboxylic acids is 4. The molecule has 0 bridgehead atoms. The van der Waals surface area contributed by atoms with Gasteiger partial charge in [0.15, 0.2) is 0 Å². The third kappa shape index (κ3) is 10.1. The summed E-state index contributed by atoms with van der Waals surface area (Å²) in [7, 11) is 0. The maximum absolute atomic E-state index is 13.8. The van der Waals surface area contributed by atoms with Gasteiger partial charge < -0.3 is 25.8 Å². The summed E-state index contributed by atoms with van der Waals surface area (Å²) in [6.45, 7) is 7.99. The Morgan fingerprint density at radius 1 is 0.962 bits per heavy atom. The van der Waals surface area contributed by atoms with E-state index >= 15 is 0 Å². The molecule has 3 amide bonds. The zero-order valence-electron chi connectivity index (χ0n) is 31.0. The summed E-state index contributed by atoms with van der Waals surface area (Å²) in [5, 5.41) is 26.4. The molecule has 0 aliphatic heterocycles. The van der Waals surface area contributed by atoms with E-state index in [0.29, 0.717) is 37.1 Å². The molecule has 280 valence electrons. The average Bonchev–Trinajstić information content (AvgIpc) is 3.58. The highest BCUT2D eigenvalue weighted by atomic mass is 16.6. The van der Waals surface area contributed by atoms with Crippen molar-refractivity contribution in [2.24, 2.45) is 17.8 Å². The number of Topliss-reactive ketones (excluding diaryl/α,β-unsaturated/α-hetero) is 1. The number of carbonyl (C=O) groups is 4. The molecule has 0 spiro atoms. The molecule has 1 aromatic heterocycles. The quantitative estimate of drug-likeness (QED) is 0.107. The van der Waals surface area contributed by atoms with Crippen LogP contribution in [0.2, 0.25) is 0 Å². The molecule has 0 radical (unpaired) electrons. The number of alkyl carbamates (subject to hydrolysis) is 1. The van der Waals surface area contributed by atoms with Gasteiger partial charge in [0, 0.05) is 47.5 Å². The van der Waals surface area contributed by atoms with Crippen LogP contribution in [0, 0.1) is 24.7 Å². The summed E-state index contributed by atoms with van der Waals surface area (Å²) in [4.78, 5) is 52.5. The molecule has 11 nitrogen and oxygen atoms in total. The highest BCUT2D eigenvalue weighted by Gasteiger charge is 2.31. The predicted octanol–water partition coefficient (Wildman–Crippen LogP) is 6.88. The van der Waals surface area contributed by atoms with Crippen LogP contribution < -0.4 is 16.0 Å². The van der Waals surface area contributed by atoms with E-state index in [2.05, 4.69) is 26.1 Å². The molecule has 2 aliphatic carbocycles. The largest absolute Gasteiger partial charge is 0.444 e. The number of rotatable bonds is 12. The molecular formula is C42H51N5O6. The number of aliphatic hydroxyl groups is 1. The van der Waals surface area contributed by atoms with E-state index in [1.54, 1.807) is 6.20 Å². The minimum atomic E-state index is -0.575. The van der Waals surface area contributed by atoms with Crippen LogP contribution in [0.5, 0.6) is 0 Å². The lowest BCUT2D eigenvalue weighted by Gasteiger charge is -2.32. The number of ketones is 1. The molecule has 6 rings (SSSR count). The van der Waals surface area contributed by atoms with E-state index in [1.165, 1.54) is 0 Å². The Hall–Kier alpha value is -5.03. The molecule has 4 aromatic rings. The van der Waals surface area contributed by atoms with Crippen LogP contribution in [0.4, 0.5) is 10.5 Å². The number of amides is 3. The van der Waals surface area contributed by atoms with Crippen LogP contribution in [0.3, 0.4) is 0 Å². The monoisotopic (exact) mass is 721 g/mol. The zero-order valence-corrected chi connectivity index (χ0v) is 31.0. The number of aromatic nitrogens is 2. The van der Waals surface area contributed by atoms with Crippen molar-refractivity contribution < 1.29 is 29.0 Å². The second kappa shape index (κ2) is 16.3. The Kier molecular flexibility index (Phi) is 11.6. The zero-order chi connectivity index (χ0) is 37.7. The first-order chi connectivity index (χ1) is 25.3. The predicted molar refractivity (Wildman–Crippen MR) is 204 cm³/mol. The summed E-state index contributed by atoms with van der Waals surface area (Å²) in [5.74, 6) is -0.677. The third-order valence-electron chi connectivity index (χ3n) is 10.4. The number of fused-ring (bicyclic) bond motifs is 1. The Labute approximate surface area is 310 Å². The van der Waals surface area contributed by atoms with Gasteiger partial charge in [-0.05, 0) is 131 Å². The summed E-state index contributed by atoms with van der Waals surface area (Å²) >= 11 is 0. The van der Waals surface area contributed by atoms with Gasteiger partial charge in [-0.3, -0.25) is 19.5 Å². The highest BCUT2D eigenvalue weighted by Crippen LogP contribution is 2.32. The number of H-pyrrole nitrogens is 1. The fourth-order valence-corrected chi connectivity index (χ4v) is 7.36. The number of nitrogens with one attached hydrogen (secondary N) is 4. The second-order valence-corrected chi connectivity index (χ2v) is 15.9. The Bertz CT molecular complexity index is 1930. The maximum atomic E-state index is 13.8. The van der Waals surface area contributed by atoms with Crippen molar-refractivity contribution >= 4 is 40.3 Å². The smallest absolute Gasteiger partial charge is 0.407 e. The molecule has 53 heavy (non-hydrogen) atoms. The van der Waals surface area contributed by atoms with Crippen molar-refractivity contribution in [3.63, 3.8) is 0 Å². The summed E-state index contributed by atoms with van der Waals surface area (Å²) in [5.41, 5.74) is 5.37. The van der Waals surface area contributed by atoms with E-state index in [9.17, 15) is 24.3 Å². The number of aliphatic hydroxyl groups excluding tert-OH is 1. The second-order valence-electron chi connectivity index (χ2n) is 15.9. The molecule has 11 heteroatoms. The number of benzene rings is 3. The standard InChI is InChI=1S/C42H51N5O6/c1-25-17-30(39(50)46-34-20-35(48)21-34)14-16-36(25)28-9-5-26(6-10-28)18-32(40(51)45-33-15-13-31-24-44-47-37(31)22-33)19-38(49)29-11-7-27(8-12-29)23-43-41(52)53-42(2,3)4/h5-6,9-10,13-17,22,24,27,29,32,34-35,48H,7-8,11-12,18-21,23H2,1-4H3,(H,43,52)(H,44,47)(H,45,51)(H,46,50)/t27?,29?,32-,34?,35?/m1/s1. The summed E-state index contributed by atoms with van der Waals surface area (Å²) < 4.78 is 5.36. The van der Waals surface area contributed by atoms with E-state index < -0.39 is 17.6 Å². The topological polar surface area (TPSA) is 163 Å². The van der Waals surface area contributed by atoms with Gasteiger partial charge >= 0.3 is 6.09 Å². The first-order valence-corrected chi connectivity index (χ1v) is 18.7. The van der Waals surface area contributed by atoms with Gasteiger partial charge in [-0.1, -0.05) is 30.3 Å². The molecule has 0 saturated heterocycles. The lowest BCUT2D eigenvalue weighted by molar-refractivity contribution is -0.129. The Balaban J connectivity index is 1.10. The van der Waals surface area contributed by atoms with Gasteiger partial charge in [-0.2, -0.15) is 5.10 Å². The first kappa shape index (κ1) is 37.7. The van der Waals surface area contributed by atoms with Crippen molar-refractivity contribution in [2.45, 2.75) is 96.8 Å². The first-order valence-electron chi connectivity index (χ1n) is 18.7. The highest BCUT2D eigenvalue weighted by molar-refractivity contribution is 5.98. The SMILES string of the molecule is Cc1cc(C(=O)NC2CC(O)C2)ccc1-c1ccc(C[C@H](CC(=O)C2CCC(CNC(=O)OC(C)(C)C)CC2)C(=O)Nc2ccc3cn[nH]c3c2)cc1. The number of aryl methyl sites for hydroxylation is 1. The fourth-order valence-electron chi connectivity index (χ4n) is 7.36. The maximum Gasteiger partial charge on any atom is 0.407 e. The van der Waals surface area contributed by atoms with Gasteiger partial charge in [0.2, 0.25) is 5.91 Å². The number of ether oxygens (including phenoxy) is 1. The van der Waals surface area contributed by atoms with Crippen molar-refractivity contribution in [1.29, 1.82) is 0 Å². The molecule has 3 aromatic carbocycles. The molecular weight excluding hydrogens is 670 g/mol. The minimum Gasteiger partial charge on any atom is -0.444 e. The van der Waals surface area contributed by atoms with Crippen LogP contribution >= 0.6 is 0 Å². The van der Waals surface area contributed by atoms with Crippen molar-refractivity contribution in [3.8, 4) is 11.1 Å². The number of hydrogen-bond acceptors (Lipinski definition) is 7. The number of hydrogen-bond donors (Lipinski definition) is 5. The molecule has 1 heterocycles. The van der Waals surface area contributed by atoms with Crippen molar-refractivity contribution in [1.82, 2.24) is 20.8 Å². The van der Waals surface area contributed by atoms with E-state index in [0.717, 1.165) is 58.8 Å². The van der Waals surface area contributed by atoms with E-state index in [1.807, 2.05) is 88.4 Å². The van der Waals surface area contributed by atoms with Gasteiger partial charge in [-0.25, -0.2) is 4.79 Å². The van der Waals surface area contributed by atoms with E-state index in [-0.39, 0.29) is 48.0 Å². The molecule has 2 aliphatic rings. The molecule has 2 saturated carbocycles. The summed E-state index contributed by atoms with van der Waals surface area (Å²) in [6, 6.07) is 19.3. The molecule has 2 fully saturated rings. The minimum absolute atomic E-state index is 0.0149. The van der Waals surface area contributed by atoms with Crippen molar-refractivity contribution in [3.05, 3.63) is 83.6 Å². The van der Waals surface area contributed by atoms with Crippen molar-refractivity contribution in [2.75, 3.05) is 11.9 Å². The third-order valence-corrected chi connectivity index (χ3v) is 10.4. The Morgan fingerprint density at radius 2 is 1.70 bits per heavy atom. The Morgan fingerprint density at radius 3 is 2.38 bits per heavy atom. The van der Waals surface area contributed by atoms with Crippen LogP contribution in [0.1, 0.15) is 87.2 Å². The van der Waals surface area contributed by atoms with Gasteiger partial charge in [0.05, 0.1) is 17.8 Å². The molecule has 0 unspecified atom stereocenters. The number of aromatic amines is 1. The lowest BCUT2D eigenvalue weighted by atomic mass is 9.77. The normalized spacial score (nSPS) is 20.5. The fraction of sp³-hybridized carbons (Fsp3) is 0.452. The summed E-state index contributed by atoms with van der Waals surface area (Å²) in [6.07, 6.45) is 5.77. The molecule has 5 N–H and O–H groups in total. The van der Waals surface area contributed by atoms with Crippen LogP contribution in [0.25, 0.3) is 22.0 Å². The number of nitrogens with zero attached hydrogens (tertiary/aromatic N) is 1.